The van der Waals surface area contributed by atoms with E-state index in [2.05, 4.69) is 10.3 Å². The lowest BCUT2D eigenvalue weighted by atomic mass is 10.2. The van der Waals surface area contributed by atoms with E-state index >= 15 is 0 Å². The molecule has 1 heterocycles. The molecule has 0 saturated carbocycles. The van der Waals surface area contributed by atoms with Crippen LogP contribution in [0.5, 0.6) is 0 Å². The molecule has 0 unspecified atom stereocenters. The van der Waals surface area contributed by atoms with Gasteiger partial charge in [0.25, 0.3) is 5.69 Å². The molecule has 0 aliphatic rings. The monoisotopic (exact) mass is 262 g/mol. The Labute approximate surface area is 109 Å². The quantitative estimate of drug-likeness (QED) is 0.497. The number of benzene rings is 1. The second-order valence-electron chi connectivity index (χ2n) is 4.13. The Bertz CT molecular complexity index is 602. The molecule has 0 amide bonds. The van der Waals surface area contributed by atoms with Gasteiger partial charge in [-0.1, -0.05) is 0 Å². The van der Waals surface area contributed by atoms with E-state index in [1.54, 1.807) is 6.07 Å². The number of non-ortho nitro benzene ring substituents is 1. The van der Waals surface area contributed by atoms with Crippen molar-refractivity contribution in [2.75, 3.05) is 11.1 Å². The number of hydrogen-bond donors (Lipinski definition) is 2. The maximum Gasteiger partial charge on any atom is 0.271 e. The number of nitrogens with zero attached hydrogens (tertiary/aromatic N) is 2. The van der Waals surface area contributed by atoms with Crippen LogP contribution >= 0.6 is 0 Å². The van der Waals surface area contributed by atoms with Crippen LogP contribution in [0.15, 0.2) is 22.6 Å². The van der Waals surface area contributed by atoms with Gasteiger partial charge in [-0.15, -0.1) is 0 Å². The van der Waals surface area contributed by atoms with Crippen LogP contribution < -0.4 is 11.1 Å². The maximum absolute atomic E-state index is 10.6. The zero-order valence-corrected chi connectivity index (χ0v) is 10.6. The van der Waals surface area contributed by atoms with Gasteiger partial charge in [-0.3, -0.25) is 10.1 Å². The summed E-state index contributed by atoms with van der Waals surface area (Å²) in [7, 11) is 0. The van der Waals surface area contributed by atoms with Crippen LogP contribution in [0.25, 0.3) is 0 Å². The number of anilines is 2. The van der Waals surface area contributed by atoms with E-state index < -0.39 is 4.92 Å². The fourth-order valence-corrected chi connectivity index (χ4v) is 1.61. The van der Waals surface area contributed by atoms with Crippen molar-refractivity contribution in [3.05, 3.63) is 45.7 Å². The predicted molar refractivity (Wildman–Crippen MR) is 70.8 cm³/mol. The highest BCUT2D eigenvalue weighted by Crippen LogP contribution is 2.24. The molecule has 19 heavy (non-hydrogen) atoms. The first-order valence-electron chi connectivity index (χ1n) is 5.68. The summed E-state index contributed by atoms with van der Waals surface area (Å²) in [6.45, 7) is 4.07. The number of aromatic nitrogens is 1. The third kappa shape index (κ3) is 2.82. The molecule has 0 radical (unpaired) electrons. The van der Waals surface area contributed by atoms with Crippen molar-refractivity contribution < 1.29 is 9.34 Å². The van der Waals surface area contributed by atoms with Gasteiger partial charge in [-0.05, 0) is 19.9 Å². The summed E-state index contributed by atoms with van der Waals surface area (Å²) in [6, 6.07) is 4.27. The Kier molecular flexibility index (Phi) is 3.37. The number of oxazole rings is 1. The van der Waals surface area contributed by atoms with E-state index in [-0.39, 0.29) is 5.69 Å². The summed E-state index contributed by atoms with van der Waals surface area (Å²) in [6.07, 6.45) is 0. The highest BCUT2D eigenvalue weighted by atomic mass is 16.6. The van der Waals surface area contributed by atoms with Crippen LogP contribution in [0.2, 0.25) is 0 Å². The van der Waals surface area contributed by atoms with E-state index in [0.717, 1.165) is 11.5 Å². The first kappa shape index (κ1) is 12.9. The van der Waals surface area contributed by atoms with Crippen LogP contribution in [-0.4, -0.2) is 9.91 Å². The first-order valence-corrected chi connectivity index (χ1v) is 5.68. The van der Waals surface area contributed by atoms with Gasteiger partial charge < -0.3 is 15.5 Å². The average molecular weight is 262 g/mol. The second kappa shape index (κ2) is 4.97. The molecule has 1 aromatic heterocycles. The Hall–Kier alpha value is -2.57. The third-order valence-electron chi connectivity index (χ3n) is 2.75. The lowest BCUT2D eigenvalue weighted by Crippen LogP contribution is -2.03. The highest BCUT2D eigenvalue weighted by molar-refractivity contribution is 5.69. The molecular formula is C12H14N4O3. The van der Waals surface area contributed by atoms with Gasteiger partial charge >= 0.3 is 0 Å². The molecule has 100 valence electrons. The Balaban J connectivity index is 2.09. The van der Waals surface area contributed by atoms with Gasteiger partial charge in [0.2, 0.25) is 5.89 Å². The number of aryl methyl sites for hydroxylation is 2. The largest absolute Gasteiger partial charge is 0.444 e. The zero-order valence-electron chi connectivity index (χ0n) is 10.6. The van der Waals surface area contributed by atoms with Crippen LogP contribution in [0.1, 0.15) is 17.3 Å². The van der Waals surface area contributed by atoms with Crippen LogP contribution in [0.4, 0.5) is 17.1 Å². The zero-order chi connectivity index (χ0) is 14.0. The van der Waals surface area contributed by atoms with Crippen molar-refractivity contribution in [3.63, 3.8) is 0 Å². The number of nitrogen functional groups attached to an aromatic ring is 1. The summed E-state index contributed by atoms with van der Waals surface area (Å²) < 4.78 is 5.42. The topological polar surface area (TPSA) is 107 Å². The van der Waals surface area contributed by atoms with Crippen LogP contribution in [-0.2, 0) is 6.54 Å². The summed E-state index contributed by atoms with van der Waals surface area (Å²) in [4.78, 5) is 14.3. The smallest absolute Gasteiger partial charge is 0.271 e. The minimum atomic E-state index is -0.485. The molecule has 2 aromatic rings. The van der Waals surface area contributed by atoms with Gasteiger partial charge in [0.15, 0.2) is 0 Å². The Morgan fingerprint density at radius 1 is 1.47 bits per heavy atom. The SMILES string of the molecule is Cc1nc(CNc2ccc([N+](=O)[O-])cc2N)oc1C. The second-order valence-corrected chi connectivity index (χ2v) is 4.13. The molecule has 0 aliphatic carbocycles. The third-order valence-corrected chi connectivity index (χ3v) is 2.75. The van der Waals surface area contributed by atoms with Gasteiger partial charge in [-0.2, -0.15) is 0 Å². The van der Waals surface area contributed by atoms with Gasteiger partial charge in [0, 0.05) is 12.1 Å². The van der Waals surface area contributed by atoms with Crippen molar-refractivity contribution in [1.82, 2.24) is 4.98 Å². The first-order chi connectivity index (χ1) is 8.97. The molecule has 0 spiro atoms. The standard InChI is InChI=1S/C12H14N4O3/c1-7-8(2)19-12(15-7)6-14-11-4-3-9(16(17)18)5-10(11)13/h3-5,14H,6,13H2,1-2H3. The minimum Gasteiger partial charge on any atom is -0.444 e. The fraction of sp³-hybridized carbons (Fsp3) is 0.250. The molecule has 0 aliphatic heterocycles. The van der Waals surface area contributed by atoms with Crippen LogP contribution in [0.3, 0.4) is 0 Å². The number of nitro benzene ring substituents is 1. The normalized spacial score (nSPS) is 10.4. The van der Waals surface area contributed by atoms with Crippen LogP contribution in [0, 0.1) is 24.0 Å². The number of hydrogen-bond acceptors (Lipinski definition) is 6. The predicted octanol–water partition coefficient (Wildman–Crippen LogP) is 2.39. The van der Waals surface area contributed by atoms with Gasteiger partial charge in [-0.25, -0.2) is 4.98 Å². The maximum atomic E-state index is 10.6. The van der Waals surface area contributed by atoms with E-state index in [1.165, 1.54) is 12.1 Å². The number of nitrogens with two attached hydrogens (primary N) is 1. The molecule has 7 nitrogen and oxygen atoms in total. The average Bonchev–Trinajstić information content (AvgIpc) is 2.67. The van der Waals surface area contributed by atoms with Crippen molar-refractivity contribution in [3.8, 4) is 0 Å². The fourth-order valence-electron chi connectivity index (χ4n) is 1.61. The highest BCUT2D eigenvalue weighted by Gasteiger charge is 2.10. The van der Waals surface area contributed by atoms with E-state index in [1.807, 2.05) is 13.8 Å². The Morgan fingerprint density at radius 3 is 2.74 bits per heavy atom. The van der Waals surface area contributed by atoms with Crippen molar-refractivity contribution in [1.29, 1.82) is 0 Å². The Morgan fingerprint density at radius 2 is 2.21 bits per heavy atom. The van der Waals surface area contributed by atoms with Crippen molar-refractivity contribution >= 4 is 17.1 Å². The summed E-state index contributed by atoms with van der Waals surface area (Å²) in [5.74, 6) is 1.32. The van der Waals surface area contributed by atoms with E-state index in [0.29, 0.717) is 23.8 Å². The molecular weight excluding hydrogens is 248 g/mol. The number of nitro groups is 1. The van der Waals surface area contributed by atoms with Crippen molar-refractivity contribution in [2.45, 2.75) is 20.4 Å². The lowest BCUT2D eigenvalue weighted by Gasteiger charge is -2.06. The molecule has 0 bridgehead atoms. The molecule has 1 aromatic carbocycles. The number of rotatable bonds is 4. The molecule has 0 saturated heterocycles. The molecule has 0 fully saturated rings. The number of nitrogens with one attached hydrogen (secondary N) is 1. The van der Waals surface area contributed by atoms with E-state index in [9.17, 15) is 10.1 Å². The van der Waals surface area contributed by atoms with Gasteiger partial charge in [0.1, 0.15) is 5.76 Å². The molecule has 0 atom stereocenters. The lowest BCUT2D eigenvalue weighted by molar-refractivity contribution is -0.384. The summed E-state index contributed by atoms with van der Waals surface area (Å²) in [5.41, 5.74) is 7.47. The minimum absolute atomic E-state index is 0.0362. The molecule has 3 N–H and O–H groups in total. The van der Waals surface area contributed by atoms with Gasteiger partial charge in [0.05, 0.1) is 28.5 Å². The van der Waals surface area contributed by atoms with Crippen molar-refractivity contribution in [2.24, 2.45) is 0 Å². The van der Waals surface area contributed by atoms with E-state index in [4.69, 9.17) is 10.2 Å². The molecule has 7 heteroatoms. The molecule has 2 rings (SSSR count). The summed E-state index contributed by atoms with van der Waals surface area (Å²) in [5, 5.41) is 13.6. The summed E-state index contributed by atoms with van der Waals surface area (Å²) >= 11 is 0.